The highest BCUT2D eigenvalue weighted by molar-refractivity contribution is 5.76. The highest BCUT2D eigenvalue weighted by atomic mass is 16.4. The lowest BCUT2D eigenvalue weighted by molar-refractivity contribution is -0.137. The minimum absolute atomic E-state index is 0.0269. The fourth-order valence-corrected chi connectivity index (χ4v) is 2.40. The Morgan fingerprint density at radius 2 is 1.70 bits per heavy atom. The van der Waals surface area contributed by atoms with Crippen LogP contribution >= 0.6 is 0 Å². The largest absolute Gasteiger partial charge is 0.481 e. The molecule has 0 heterocycles. The first-order valence-corrected chi connectivity index (χ1v) is 7.35. The third kappa shape index (κ3) is 7.36. The number of hydrogen-bond donors (Lipinski definition) is 2. The van der Waals surface area contributed by atoms with E-state index in [1.165, 1.54) is 0 Å². The van der Waals surface area contributed by atoms with Crippen LogP contribution in [0.15, 0.2) is 0 Å². The number of amides is 2. The summed E-state index contributed by atoms with van der Waals surface area (Å²) in [5.74, 6) is -0.885. The van der Waals surface area contributed by atoms with Gasteiger partial charge in [-0.1, -0.05) is 34.6 Å². The molecule has 2 N–H and O–H groups in total. The second kappa shape index (κ2) is 8.12. The molecule has 5 nitrogen and oxygen atoms in total. The van der Waals surface area contributed by atoms with Crippen LogP contribution in [0.1, 0.15) is 60.3 Å². The van der Waals surface area contributed by atoms with Gasteiger partial charge in [0.25, 0.3) is 0 Å². The number of carboxylic acids is 1. The van der Waals surface area contributed by atoms with Crippen molar-refractivity contribution >= 4 is 12.0 Å². The van der Waals surface area contributed by atoms with Gasteiger partial charge in [-0.25, -0.2) is 4.79 Å². The van der Waals surface area contributed by atoms with Crippen molar-refractivity contribution < 1.29 is 14.7 Å². The Kier molecular flexibility index (Phi) is 7.61. The van der Waals surface area contributed by atoms with Gasteiger partial charge in [-0.05, 0) is 24.7 Å². The molecule has 0 rings (SSSR count). The maximum absolute atomic E-state index is 12.2. The summed E-state index contributed by atoms with van der Waals surface area (Å²) in [5, 5.41) is 11.8. The zero-order chi connectivity index (χ0) is 15.9. The molecule has 118 valence electrons. The molecule has 0 aliphatic heterocycles. The Balaban J connectivity index is 4.71. The summed E-state index contributed by atoms with van der Waals surface area (Å²) in [6.07, 6.45) is 2.38. The maximum Gasteiger partial charge on any atom is 0.317 e. The zero-order valence-corrected chi connectivity index (χ0v) is 13.7. The predicted octanol–water partition coefficient (Wildman–Crippen LogP) is 3.10. The summed E-state index contributed by atoms with van der Waals surface area (Å²) in [4.78, 5) is 24.8. The molecule has 1 atom stereocenters. The predicted molar refractivity (Wildman–Crippen MR) is 80.8 cm³/mol. The number of urea groups is 1. The van der Waals surface area contributed by atoms with E-state index in [4.69, 9.17) is 5.11 Å². The number of carbonyl (C=O) groups excluding carboxylic acids is 1. The first kappa shape index (κ1) is 18.7. The molecule has 0 aromatic rings. The standard InChI is InChI=1S/C15H30N2O3/c1-7-12(8-2)17(6)14(20)16-11(9-13(18)19)10-15(3,4)5/h11-12H,7-10H2,1-6H3,(H,16,20)(H,18,19). The number of carbonyl (C=O) groups is 2. The van der Waals surface area contributed by atoms with Crippen LogP contribution in [0.25, 0.3) is 0 Å². The van der Waals surface area contributed by atoms with Gasteiger partial charge >= 0.3 is 12.0 Å². The molecular weight excluding hydrogens is 256 g/mol. The van der Waals surface area contributed by atoms with Gasteiger partial charge in [-0.2, -0.15) is 0 Å². The second-order valence-electron chi connectivity index (χ2n) is 6.59. The van der Waals surface area contributed by atoms with E-state index in [1.807, 2.05) is 34.6 Å². The topological polar surface area (TPSA) is 69.6 Å². The van der Waals surface area contributed by atoms with E-state index >= 15 is 0 Å². The Morgan fingerprint density at radius 3 is 2.05 bits per heavy atom. The van der Waals surface area contributed by atoms with Gasteiger partial charge in [0.05, 0.1) is 6.42 Å². The minimum atomic E-state index is -0.885. The smallest absolute Gasteiger partial charge is 0.317 e. The molecule has 0 bridgehead atoms. The van der Waals surface area contributed by atoms with E-state index in [0.717, 1.165) is 12.8 Å². The summed E-state index contributed by atoms with van der Waals surface area (Å²) >= 11 is 0. The number of carboxylic acid groups (broad SMARTS) is 1. The summed E-state index contributed by atoms with van der Waals surface area (Å²) in [6, 6.07) is -0.332. The van der Waals surface area contributed by atoms with Crippen LogP contribution in [0.3, 0.4) is 0 Å². The van der Waals surface area contributed by atoms with Crippen LogP contribution in [0.5, 0.6) is 0 Å². The SMILES string of the molecule is CCC(CC)N(C)C(=O)NC(CC(=O)O)CC(C)(C)C. The lowest BCUT2D eigenvalue weighted by Gasteiger charge is -2.31. The van der Waals surface area contributed by atoms with Gasteiger partial charge in [0.15, 0.2) is 0 Å². The van der Waals surface area contributed by atoms with Crippen LogP contribution in [-0.2, 0) is 4.79 Å². The molecule has 0 aliphatic carbocycles. The van der Waals surface area contributed by atoms with Crippen LogP contribution in [0.2, 0.25) is 0 Å². The van der Waals surface area contributed by atoms with Gasteiger partial charge < -0.3 is 15.3 Å². The van der Waals surface area contributed by atoms with Gasteiger partial charge in [0.2, 0.25) is 0 Å². The molecule has 0 aromatic carbocycles. The van der Waals surface area contributed by atoms with Crippen molar-refractivity contribution in [1.82, 2.24) is 10.2 Å². The van der Waals surface area contributed by atoms with E-state index in [-0.39, 0.29) is 30.0 Å². The van der Waals surface area contributed by atoms with Crippen molar-refractivity contribution in [2.24, 2.45) is 5.41 Å². The van der Waals surface area contributed by atoms with E-state index in [9.17, 15) is 9.59 Å². The van der Waals surface area contributed by atoms with E-state index in [2.05, 4.69) is 5.32 Å². The zero-order valence-electron chi connectivity index (χ0n) is 13.7. The number of aliphatic carboxylic acids is 1. The molecule has 1 unspecified atom stereocenters. The fourth-order valence-electron chi connectivity index (χ4n) is 2.40. The quantitative estimate of drug-likeness (QED) is 0.755. The molecule has 0 spiro atoms. The maximum atomic E-state index is 12.2. The summed E-state index contributed by atoms with van der Waals surface area (Å²) in [6.45, 7) is 10.2. The highest BCUT2D eigenvalue weighted by Crippen LogP contribution is 2.22. The van der Waals surface area contributed by atoms with Crippen molar-refractivity contribution in [3.8, 4) is 0 Å². The van der Waals surface area contributed by atoms with Crippen LogP contribution in [0, 0.1) is 5.41 Å². The molecule has 20 heavy (non-hydrogen) atoms. The molecule has 0 fully saturated rings. The summed E-state index contributed by atoms with van der Waals surface area (Å²) in [7, 11) is 1.77. The van der Waals surface area contributed by atoms with E-state index in [1.54, 1.807) is 11.9 Å². The normalized spacial score (nSPS) is 13.2. The minimum Gasteiger partial charge on any atom is -0.481 e. The number of nitrogens with one attached hydrogen (secondary N) is 1. The van der Waals surface area contributed by atoms with E-state index in [0.29, 0.717) is 6.42 Å². The highest BCUT2D eigenvalue weighted by Gasteiger charge is 2.25. The molecule has 5 heteroatoms. The Labute approximate surface area is 122 Å². The van der Waals surface area contributed by atoms with Crippen molar-refractivity contribution in [3.63, 3.8) is 0 Å². The second-order valence-corrected chi connectivity index (χ2v) is 6.59. The van der Waals surface area contributed by atoms with Gasteiger partial charge in [0, 0.05) is 19.1 Å². The number of rotatable bonds is 7. The van der Waals surface area contributed by atoms with Gasteiger partial charge in [0.1, 0.15) is 0 Å². The molecule has 0 aliphatic rings. The average molecular weight is 286 g/mol. The average Bonchev–Trinajstić information content (AvgIpc) is 2.26. The Morgan fingerprint density at radius 1 is 1.20 bits per heavy atom. The van der Waals surface area contributed by atoms with Crippen LogP contribution < -0.4 is 5.32 Å². The lowest BCUT2D eigenvalue weighted by atomic mass is 9.87. The lowest BCUT2D eigenvalue weighted by Crippen LogP contribution is -2.48. The van der Waals surface area contributed by atoms with Crippen molar-refractivity contribution in [2.45, 2.75) is 72.4 Å². The molecule has 0 radical (unpaired) electrons. The molecular formula is C15H30N2O3. The van der Waals surface area contributed by atoms with Crippen LogP contribution in [-0.4, -0.2) is 41.1 Å². The first-order chi connectivity index (χ1) is 9.10. The fraction of sp³-hybridized carbons (Fsp3) is 0.867. The van der Waals surface area contributed by atoms with Crippen molar-refractivity contribution in [3.05, 3.63) is 0 Å². The van der Waals surface area contributed by atoms with Gasteiger partial charge in [-0.3, -0.25) is 4.79 Å². The van der Waals surface area contributed by atoms with Crippen molar-refractivity contribution in [1.29, 1.82) is 0 Å². The third-order valence-corrected chi connectivity index (χ3v) is 3.42. The third-order valence-electron chi connectivity index (χ3n) is 3.42. The number of hydrogen-bond acceptors (Lipinski definition) is 2. The molecule has 0 saturated carbocycles. The molecule has 0 saturated heterocycles. The summed E-state index contributed by atoms with van der Waals surface area (Å²) in [5.41, 5.74) is -0.0269. The monoisotopic (exact) mass is 286 g/mol. The van der Waals surface area contributed by atoms with E-state index < -0.39 is 5.97 Å². The van der Waals surface area contributed by atoms with Crippen LogP contribution in [0.4, 0.5) is 4.79 Å². The summed E-state index contributed by atoms with van der Waals surface area (Å²) < 4.78 is 0. The molecule has 2 amide bonds. The molecule has 0 aromatic heterocycles. The Hall–Kier alpha value is -1.26. The Bertz CT molecular complexity index is 320. The van der Waals surface area contributed by atoms with Crippen molar-refractivity contribution in [2.75, 3.05) is 7.05 Å². The van der Waals surface area contributed by atoms with Gasteiger partial charge in [-0.15, -0.1) is 0 Å². The first-order valence-electron chi connectivity index (χ1n) is 7.35. The number of nitrogens with zero attached hydrogens (tertiary/aromatic N) is 1.